The molecule has 1 aromatic carbocycles. The molecule has 0 radical (unpaired) electrons. The van der Waals surface area contributed by atoms with Gasteiger partial charge < -0.3 is 19.5 Å². The summed E-state index contributed by atoms with van der Waals surface area (Å²) in [6.07, 6.45) is -5.89. The highest BCUT2D eigenvalue weighted by atomic mass is 19.4. The van der Waals surface area contributed by atoms with E-state index in [1.54, 1.807) is 0 Å². The molecule has 2 atom stereocenters. The van der Waals surface area contributed by atoms with E-state index in [2.05, 4.69) is 0 Å². The lowest BCUT2D eigenvalue weighted by Gasteiger charge is -2.34. The van der Waals surface area contributed by atoms with E-state index in [1.165, 1.54) is 19.1 Å². The lowest BCUT2D eigenvalue weighted by atomic mass is 10.1. The Morgan fingerprint density at radius 2 is 2.04 bits per heavy atom. The summed E-state index contributed by atoms with van der Waals surface area (Å²) in [5.74, 6) is -2.43. The van der Waals surface area contributed by atoms with Gasteiger partial charge in [-0.3, -0.25) is 4.79 Å². The molecule has 132 valence electrons. The highest BCUT2D eigenvalue weighted by molar-refractivity contribution is 5.86. The minimum absolute atomic E-state index is 0.0322. The van der Waals surface area contributed by atoms with Gasteiger partial charge in [0, 0.05) is 6.54 Å². The number of para-hydroxylation sites is 1. The second-order valence-electron chi connectivity index (χ2n) is 5.21. The van der Waals surface area contributed by atoms with E-state index in [0.717, 1.165) is 17.0 Å². The predicted molar refractivity (Wildman–Crippen MR) is 75.5 cm³/mol. The third-order valence-electron chi connectivity index (χ3n) is 3.54. The van der Waals surface area contributed by atoms with E-state index < -0.39 is 41.5 Å². The number of benzene rings is 1. The van der Waals surface area contributed by atoms with Crippen LogP contribution in [0, 0.1) is 0 Å². The van der Waals surface area contributed by atoms with Crippen molar-refractivity contribution in [1.29, 1.82) is 0 Å². The van der Waals surface area contributed by atoms with Crippen molar-refractivity contribution in [3.63, 3.8) is 0 Å². The van der Waals surface area contributed by atoms with Gasteiger partial charge in [0.15, 0.2) is 12.1 Å². The van der Waals surface area contributed by atoms with Crippen molar-refractivity contribution in [3.05, 3.63) is 29.8 Å². The van der Waals surface area contributed by atoms with Crippen LogP contribution in [0.15, 0.2) is 24.3 Å². The number of carboxylic acids is 1. The third-order valence-corrected chi connectivity index (χ3v) is 3.54. The fraction of sp³-hybridized carbons (Fsp3) is 0.467. The van der Waals surface area contributed by atoms with Gasteiger partial charge in [0.2, 0.25) is 0 Å². The summed E-state index contributed by atoms with van der Waals surface area (Å²) in [6, 6.07) is 3.35. The number of nitrogens with zero attached hydrogens (tertiary/aromatic N) is 1. The molecular weight excluding hydrogens is 331 g/mol. The summed E-state index contributed by atoms with van der Waals surface area (Å²) in [4.78, 5) is 24.6. The zero-order valence-electron chi connectivity index (χ0n) is 12.7. The molecule has 1 saturated heterocycles. The van der Waals surface area contributed by atoms with Gasteiger partial charge in [-0.15, -0.1) is 0 Å². The first-order chi connectivity index (χ1) is 11.2. The maximum absolute atomic E-state index is 13.0. The van der Waals surface area contributed by atoms with E-state index in [0.29, 0.717) is 0 Å². The monoisotopic (exact) mass is 347 g/mol. The molecule has 9 heteroatoms. The van der Waals surface area contributed by atoms with Crippen LogP contribution in [-0.4, -0.2) is 53.8 Å². The van der Waals surface area contributed by atoms with Crippen molar-refractivity contribution < 1.29 is 37.3 Å². The molecule has 0 saturated carbocycles. The zero-order valence-corrected chi connectivity index (χ0v) is 12.7. The molecule has 24 heavy (non-hydrogen) atoms. The van der Waals surface area contributed by atoms with Crippen LogP contribution in [0.4, 0.5) is 13.2 Å². The lowest BCUT2D eigenvalue weighted by molar-refractivity contribution is -0.161. The second kappa shape index (κ2) is 7.08. The van der Waals surface area contributed by atoms with Crippen LogP contribution in [0.2, 0.25) is 0 Å². The first-order valence-electron chi connectivity index (χ1n) is 7.15. The van der Waals surface area contributed by atoms with E-state index >= 15 is 0 Å². The first-order valence-corrected chi connectivity index (χ1v) is 7.15. The number of hydrogen-bond acceptors (Lipinski definition) is 4. The highest BCUT2D eigenvalue weighted by Gasteiger charge is 2.38. The summed E-state index contributed by atoms with van der Waals surface area (Å²) >= 11 is 0. The van der Waals surface area contributed by atoms with Crippen molar-refractivity contribution in [1.82, 2.24) is 4.90 Å². The van der Waals surface area contributed by atoms with Gasteiger partial charge >= 0.3 is 12.1 Å². The van der Waals surface area contributed by atoms with Crippen LogP contribution in [0.1, 0.15) is 12.5 Å². The average molecular weight is 347 g/mol. The van der Waals surface area contributed by atoms with Gasteiger partial charge in [0.1, 0.15) is 5.75 Å². The van der Waals surface area contributed by atoms with Gasteiger partial charge in [-0.05, 0) is 19.1 Å². The van der Waals surface area contributed by atoms with E-state index in [9.17, 15) is 22.8 Å². The van der Waals surface area contributed by atoms with Crippen LogP contribution in [0.3, 0.4) is 0 Å². The minimum Gasteiger partial charge on any atom is -0.480 e. The summed E-state index contributed by atoms with van der Waals surface area (Å²) < 4.78 is 49.0. The molecule has 1 fully saturated rings. The van der Waals surface area contributed by atoms with E-state index in [1.807, 2.05) is 0 Å². The molecule has 6 nitrogen and oxygen atoms in total. The van der Waals surface area contributed by atoms with Crippen LogP contribution in [0.25, 0.3) is 0 Å². The molecule has 1 aliphatic rings. The normalized spacial score (nSPS) is 19.7. The molecule has 0 unspecified atom stereocenters. The largest absolute Gasteiger partial charge is 0.480 e. The van der Waals surface area contributed by atoms with Gasteiger partial charge in [0.25, 0.3) is 5.91 Å². The molecule has 1 aliphatic heterocycles. The number of alkyl halides is 3. The third kappa shape index (κ3) is 3.97. The van der Waals surface area contributed by atoms with E-state index in [4.69, 9.17) is 14.6 Å². The van der Waals surface area contributed by atoms with Gasteiger partial charge in [0.05, 0.1) is 18.8 Å². The van der Waals surface area contributed by atoms with Gasteiger partial charge in [-0.25, -0.2) is 4.79 Å². The Morgan fingerprint density at radius 3 is 2.67 bits per heavy atom. The predicted octanol–water partition coefficient (Wildman–Crippen LogP) is 1.78. The number of rotatable bonds is 4. The van der Waals surface area contributed by atoms with Gasteiger partial charge in [-0.1, -0.05) is 12.1 Å². The highest BCUT2D eigenvalue weighted by Crippen LogP contribution is 2.36. The molecule has 2 rings (SSSR count). The Labute approximate surface area is 135 Å². The van der Waals surface area contributed by atoms with Gasteiger partial charge in [-0.2, -0.15) is 13.2 Å². The van der Waals surface area contributed by atoms with E-state index in [-0.39, 0.29) is 19.8 Å². The second-order valence-corrected chi connectivity index (χ2v) is 5.21. The van der Waals surface area contributed by atoms with Crippen molar-refractivity contribution >= 4 is 11.9 Å². The SMILES string of the molecule is C[C@H](Oc1ccccc1C(F)(F)F)C(=O)N1CCOC[C@H]1C(=O)O. The molecule has 0 aromatic heterocycles. The number of morpholine rings is 1. The number of hydrogen-bond donors (Lipinski definition) is 1. The topological polar surface area (TPSA) is 76.1 Å². The minimum atomic E-state index is -4.62. The van der Waals surface area contributed by atoms with Crippen molar-refractivity contribution in [2.75, 3.05) is 19.8 Å². The van der Waals surface area contributed by atoms with Crippen molar-refractivity contribution in [2.24, 2.45) is 0 Å². The Bertz CT molecular complexity index is 619. The van der Waals surface area contributed by atoms with Crippen LogP contribution in [0.5, 0.6) is 5.75 Å². The molecule has 1 aromatic rings. The van der Waals surface area contributed by atoms with Crippen LogP contribution >= 0.6 is 0 Å². The average Bonchev–Trinajstić information content (AvgIpc) is 2.53. The molecule has 0 spiro atoms. The number of aliphatic carboxylic acids is 1. The zero-order chi connectivity index (χ0) is 17.9. The molecular formula is C15H16F3NO5. The summed E-state index contributed by atoms with van der Waals surface area (Å²) in [7, 11) is 0. The Kier molecular flexibility index (Phi) is 5.33. The van der Waals surface area contributed by atoms with Crippen LogP contribution in [-0.2, 0) is 20.5 Å². The Balaban J connectivity index is 2.16. The standard InChI is InChI=1S/C15H16F3NO5/c1-9(13(20)19-6-7-23-8-11(19)14(21)22)24-12-5-3-2-4-10(12)15(16,17)18/h2-5,9,11H,6-8H2,1H3,(H,21,22)/t9-,11-/m0/s1. The summed E-state index contributed by atoms with van der Waals surface area (Å²) in [5.41, 5.74) is -0.999. The summed E-state index contributed by atoms with van der Waals surface area (Å²) in [5, 5.41) is 9.12. The first kappa shape index (κ1) is 18.1. The smallest absolute Gasteiger partial charge is 0.419 e. The maximum atomic E-state index is 13.0. The Morgan fingerprint density at radius 1 is 1.38 bits per heavy atom. The van der Waals surface area contributed by atoms with Crippen molar-refractivity contribution in [2.45, 2.75) is 25.2 Å². The number of amides is 1. The maximum Gasteiger partial charge on any atom is 0.419 e. The molecule has 0 aliphatic carbocycles. The quantitative estimate of drug-likeness (QED) is 0.899. The molecule has 1 amide bonds. The fourth-order valence-corrected chi connectivity index (χ4v) is 2.35. The Hall–Kier alpha value is -2.29. The number of carboxylic acid groups (broad SMARTS) is 1. The molecule has 1 N–H and O–H groups in total. The van der Waals surface area contributed by atoms with Crippen LogP contribution < -0.4 is 4.74 Å². The number of halogens is 3. The summed E-state index contributed by atoms with van der Waals surface area (Å²) in [6.45, 7) is 1.29. The molecule has 1 heterocycles. The lowest BCUT2D eigenvalue weighted by Crippen LogP contribution is -2.55. The number of ether oxygens (including phenoxy) is 2. The number of carbonyl (C=O) groups is 2. The fourth-order valence-electron chi connectivity index (χ4n) is 2.35. The van der Waals surface area contributed by atoms with Crippen molar-refractivity contribution in [3.8, 4) is 5.75 Å². The number of carbonyl (C=O) groups excluding carboxylic acids is 1. The molecule has 0 bridgehead atoms.